The summed E-state index contributed by atoms with van der Waals surface area (Å²) in [4.78, 5) is 41.1. The van der Waals surface area contributed by atoms with Crippen molar-refractivity contribution in [2.45, 2.75) is 30.4 Å². The lowest BCUT2D eigenvalue weighted by Gasteiger charge is -2.65. The molecule has 1 aromatic carbocycles. The highest BCUT2D eigenvalue weighted by Gasteiger charge is 2.89. The van der Waals surface area contributed by atoms with Gasteiger partial charge in [-0.15, -0.1) is 6.58 Å². The van der Waals surface area contributed by atoms with Gasteiger partial charge in [-0.2, -0.15) is 0 Å². The second-order valence-electron chi connectivity index (χ2n) is 7.83. The van der Waals surface area contributed by atoms with Crippen molar-refractivity contribution in [2.24, 2.45) is 5.41 Å². The molecule has 8 nitrogen and oxygen atoms in total. The summed E-state index contributed by atoms with van der Waals surface area (Å²) >= 11 is 0. The summed E-state index contributed by atoms with van der Waals surface area (Å²) in [7, 11) is 2.73. The minimum absolute atomic E-state index is 0.0123. The van der Waals surface area contributed by atoms with Gasteiger partial charge >= 0.3 is 5.97 Å². The van der Waals surface area contributed by atoms with Crippen LogP contribution in [0.4, 0.5) is 0 Å². The van der Waals surface area contributed by atoms with Crippen molar-refractivity contribution in [3.8, 4) is 11.5 Å². The van der Waals surface area contributed by atoms with Crippen LogP contribution in [-0.2, 0) is 35.8 Å². The normalized spacial score (nSPS) is 33.9. The summed E-state index contributed by atoms with van der Waals surface area (Å²) < 4.78 is 22.1. The van der Waals surface area contributed by atoms with Crippen LogP contribution >= 0.6 is 0 Å². The SMILES string of the molecule is C=C[C@]1(OC)C[C@@]2(C(=O)OC)C(=O)C(=O)N3CCCc4cc5c(cc4[C@@]321)OCO5. The molecule has 0 N–H and O–H groups in total. The fourth-order valence-corrected chi connectivity index (χ4v) is 5.90. The number of hydrogen-bond acceptors (Lipinski definition) is 7. The van der Waals surface area contributed by atoms with Crippen molar-refractivity contribution in [1.82, 2.24) is 4.90 Å². The van der Waals surface area contributed by atoms with Crippen molar-refractivity contribution in [1.29, 1.82) is 0 Å². The van der Waals surface area contributed by atoms with Crippen LogP contribution in [0, 0.1) is 5.41 Å². The van der Waals surface area contributed by atoms with E-state index in [1.807, 2.05) is 6.07 Å². The lowest BCUT2D eigenvalue weighted by Crippen LogP contribution is -2.79. The number of methoxy groups -OCH3 is 2. The molecule has 1 amide bonds. The molecule has 1 aliphatic carbocycles. The molecule has 0 unspecified atom stereocenters. The number of amides is 1. The fraction of sp³-hybridized carbons (Fsp3) is 0.476. The predicted molar refractivity (Wildman–Crippen MR) is 98.3 cm³/mol. The number of hydrogen-bond donors (Lipinski definition) is 0. The number of ether oxygens (including phenoxy) is 4. The van der Waals surface area contributed by atoms with Crippen LogP contribution in [0.3, 0.4) is 0 Å². The quantitative estimate of drug-likeness (QED) is 0.325. The number of rotatable bonds is 3. The maximum atomic E-state index is 13.3. The summed E-state index contributed by atoms with van der Waals surface area (Å²) in [6.45, 7) is 4.33. The number of fused-ring (bicyclic) bond motifs is 2. The Hall–Kier alpha value is -2.87. The van der Waals surface area contributed by atoms with Crippen LogP contribution in [0.2, 0.25) is 0 Å². The van der Waals surface area contributed by atoms with Gasteiger partial charge in [0, 0.05) is 20.1 Å². The Morgan fingerprint density at radius 2 is 1.97 bits per heavy atom. The van der Waals surface area contributed by atoms with Crippen LogP contribution in [0.1, 0.15) is 24.0 Å². The van der Waals surface area contributed by atoms with Gasteiger partial charge in [0.2, 0.25) is 12.6 Å². The molecule has 1 saturated carbocycles. The molecule has 3 heterocycles. The Morgan fingerprint density at radius 1 is 1.24 bits per heavy atom. The Morgan fingerprint density at radius 3 is 2.62 bits per heavy atom. The van der Waals surface area contributed by atoms with Gasteiger partial charge in [0.05, 0.1) is 7.11 Å². The molecule has 1 aromatic rings. The highest BCUT2D eigenvalue weighted by Crippen LogP contribution is 2.72. The molecule has 0 radical (unpaired) electrons. The molecule has 8 heteroatoms. The van der Waals surface area contributed by atoms with Crippen LogP contribution in [0.5, 0.6) is 11.5 Å². The number of Topliss-reactive ketones (excluding diaryl/α,β-unsaturated/α-hetero) is 1. The summed E-state index contributed by atoms with van der Waals surface area (Å²) in [6.07, 6.45) is 2.86. The third-order valence-electron chi connectivity index (χ3n) is 7.03. The van der Waals surface area contributed by atoms with E-state index >= 15 is 0 Å². The molecule has 29 heavy (non-hydrogen) atoms. The topological polar surface area (TPSA) is 91.4 Å². The number of benzene rings is 1. The Kier molecular flexibility index (Phi) is 3.51. The van der Waals surface area contributed by atoms with E-state index in [2.05, 4.69) is 6.58 Å². The highest BCUT2D eigenvalue weighted by atomic mass is 16.7. The smallest absolute Gasteiger partial charge is 0.323 e. The van der Waals surface area contributed by atoms with Crippen molar-refractivity contribution < 1.29 is 33.3 Å². The standard InChI is InChI=1S/C21H21NO7/c1-4-19(27-3)10-20(18(25)26-2)16(23)17(24)22-7-5-6-12-8-14-15(29-11-28-14)9-13(12)21(19,20)22/h4,8-9H,1,5-7,10-11H2,2-3H3/t19-,20-,21-/m0/s1. The van der Waals surface area contributed by atoms with Crippen molar-refractivity contribution in [3.05, 3.63) is 35.9 Å². The molecule has 152 valence electrons. The van der Waals surface area contributed by atoms with E-state index in [9.17, 15) is 14.4 Å². The summed E-state index contributed by atoms with van der Waals surface area (Å²) in [6, 6.07) is 3.64. The minimum Gasteiger partial charge on any atom is -0.468 e. The minimum atomic E-state index is -1.70. The fourth-order valence-electron chi connectivity index (χ4n) is 5.90. The first-order chi connectivity index (χ1) is 13.9. The maximum absolute atomic E-state index is 13.3. The third-order valence-corrected chi connectivity index (χ3v) is 7.03. The molecular formula is C21H21NO7. The second-order valence-corrected chi connectivity index (χ2v) is 7.83. The van der Waals surface area contributed by atoms with E-state index in [1.165, 1.54) is 19.1 Å². The van der Waals surface area contributed by atoms with Crippen LogP contribution in [0.25, 0.3) is 0 Å². The van der Waals surface area contributed by atoms with Gasteiger partial charge in [-0.3, -0.25) is 14.4 Å². The summed E-state index contributed by atoms with van der Waals surface area (Å²) in [5, 5.41) is 0. The Bertz CT molecular complexity index is 987. The van der Waals surface area contributed by atoms with Crippen molar-refractivity contribution in [2.75, 3.05) is 27.6 Å². The molecule has 1 spiro atoms. The van der Waals surface area contributed by atoms with E-state index < -0.39 is 34.2 Å². The molecule has 3 aliphatic heterocycles. The maximum Gasteiger partial charge on any atom is 0.323 e. The van der Waals surface area contributed by atoms with E-state index in [0.717, 1.165) is 5.56 Å². The van der Waals surface area contributed by atoms with Gasteiger partial charge in [0.25, 0.3) is 5.91 Å². The van der Waals surface area contributed by atoms with Gasteiger partial charge in [-0.05, 0) is 36.1 Å². The predicted octanol–water partition coefficient (Wildman–Crippen LogP) is 1.10. The van der Waals surface area contributed by atoms with Crippen LogP contribution in [-0.4, -0.2) is 55.7 Å². The number of aryl methyl sites for hydroxylation is 1. The van der Waals surface area contributed by atoms with E-state index in [0.29, 0.717) is 36.4 Å². The zero-order valence-corrected chi connectivity index (χ0v) is 16.3. The molecule has 0 aromatic heterocycles. The third kappa shape index (κ3) is 1.69. The van der Waals surface area contributed by atoms with Gasteiger partial charge in [0.15, 0.2) is 16.9 Å². The lowest BCUT2D eigenvalue weighted by molar-refractivity contribution is -0.240. The van der Waals surface area contributed by atoms with Gasteiger partial charge in [-0.1, -0.05) is 6.08 Å². The van der Waals surface area contributed by atoms with Gasteiger partial charge in [0.1, 0.15) is 11.1 Å². The van der Waals surface area contributed by atoms with E-state index in [-0.39, 0.29) is 13.2 Å². The Balaban J connectivity index is 1.90. The van der Waals surface area contributed by atoms with Crippen molar-refractivity contribution >= 4 is 17.7 Å². The second kappa shape index (κ2) is 5.60. The first-order valence-electron chi connectivity index (χ1n) is 9.50. The van der Waals surface area contributed by atoms with E-state index in [4.69, 9.17) is 18.9 Å². The first kappa shape index (κ1) is 18.2. The molecule has 3 atom stereocenters. The van der Waals surface area contributed by atoms with Gasteiger partial charge < -0.3 is 23.8 Å². The summed E-state index contributed by atoms with van der Waals surface area (Å²) in [5.41, 5.74) is -2.68. The molecule has 5 rings (SSSR count). The first-order valence-corrected chi connectivity index (χ1v) is 9.50. The molecule has 4 aliphatic rings. The zero-order chi connectivity index (χ0) is 20.6. The van der Waals surface area contributed by atoms with Crippen molar-refractivity contribution in [3.63, 3.8) is 0 Å². The van der Waals surface area contributed by atoms with Crippen LogP contribution in [0.15, 0.2) is 24.8 Å². The Labute approximate surface area is 167 Å². The number of carbonyl (C=O) groups is 3. The van der Waals surface area contributed by atoms with Gasteiger partial charge in [-0.25, -0.2) is 0 Å². The average molecular weight is 399 g/mol. The molecule has 0 bridgehead atoms. The zero-order valence-electron chi connectivity index (χ0n) is 16.3. The lowest BCUT2D eigenvalue weighted by atomic mass is 9.43. The largest absolute Gasteiger partial charge is 0.468 e. The monoisotopic (exact) mass is 399 g/mol. The molecular weight excluding hydrogens is 378 g/mol. The van der Waals surface area contributed by atoms with E-state index in [1.54, 1.807) is 12.1 Å². The average Bonchev–Trinajstić information content (AvgIpc) is 3.16. The van der Waals surface area contributed by atoms with Crippen LogP contribution < -0.4 is 9.47 Å². The summed E-state index contributed by atoms with van der Waals surface area (Å²) in [5.74, 6) is -1.08. The number of carbonyl (C=O) groups excluding carboxylic acids is 3. The number of nitrogens with zero attached hydrogens (tertiary/aromatic N) is 1. The molecule has 1 saturated heterocycles. The molecule has 2 fully saturated rings. The highest BCUT2D eigenvalue weighted by molar-refractivity contribution is 6.46. The number of ketones is 1. The number of esters is 1.